The highest BCUT2D eigenvalue weighted by molar-refractivity contribution is 5.93. The summed E-state index contributed by atoms with van der Waals surface area (Å²) < 4.78 is 5.66. The molecule has 1 aliphatic heterocycles. The Morgan fingerprint density at radius 3 is 2.70 bits per heavy atom. The summed E-state index contributed by atoms with van der Waals surface area (Å²) in [4.78, 5) is 32.6. The topological polar surface area (TPSA) is 92.6 Å². The molecule has 1 aromatic heterocycles. The number of amides is 1. The quantitative estimate of drug-likeness (QED) is 0.849. The molecule has 1 amide bonds. The minimum Gasteiger partial charge on any atom is -0.476 e. The molecule has 1 N–H and O–H groups in total. The van der Waals surface area contributed by atoms with Gasteiger partial charge >= 0.3 is 5.97 Å². The Bertz CT molecular complexity index is 531. The summed E-state index contributed by atoms with van der Waals surface area (Å²) in [7, 11) is 0. The van der Waals surface area contributed by atoms with Gasteiger partial charge in [0.25, 0.3) is 5.91 Å². The summed E-state index contributed by atoms with van der Waals surface area (Å²) in [6.45, 7) is 1.08. The molecule has 1 aromatic rings. The van der Waals surface area contributed by atoms with Crippen LogP contribution < -0.4 is 0 Å². The third kappa shape index (κ3) is 2.24. The number of rotatable bonds is 2. The van der Waals surface area contributed by atoms with Gasteiger partial charge in [-0.15, -0.1) is 0 Å². The molecule has 1 saturated carbocycles. The highest BCUT2D eigenvalue weighted by Gasteiger charge is 2.39. The molecule has 2 aliphatic rings. The fraction of sp³-hybridized carbons (Fsp3) is 0.538. The van der Waals surface area contributed by atoms with Crippen molar-refractivity contribution in [1.29, 1.82) is 0 Å². The average Bonchev–Trinajstić information content (AvgIpc) is 2.95. The van der Waals surface area contributed by atoms with E-state index in [4.69, 9.17) is 9.84 Å². The maximum atomic E-state index is 12.4. The third-order valence-electron chi connectivity index (χ3n) is 3.83. The molecular formula is C13H15N3O4. The van der Waals surface area contributed by atoms with Gasteiger partial charge < -0.3 is 14.7 Å². The minimum absolute atomic E-state index is 0.109. The predicted octanol–water partition coefficient (Wildman–Crippen LogP) is 0.568. The molecule has 20 heavy (non-hydrogen) atoms. The van der Waals surface area contributed by atoms with Gasteiger partial charge in [0.15, 0.2) is 5.69 Å². The molecule has 2 atom stereocenters. The second-order valence-corrected chi connectivity index (χ2v) is 5.00. The SMILES string of the molecule is O=C(O)c1cnc(C(=O)N2CCOC3CCCC32)cn1. The summed E-state index contributed by atoms with van der Waals surface area (Å²) in [5.41, 5.74) is 0.0184. The first kappa shape index (κ1) is 13.0. The molecule has 106 valence electrons. The smallest absolute Gasteiger partial charge is 0.356 e. The normalized spacial score (nSPS) is 25.3. The number of ether oxygens (including phenoxy) is 1. The molecule has 1 aliphatic carbocycles. The fourth-order valence-electron chi connectivity index (χ4n) is 2.87. The maximum absolute atomic E-state index is 12.4. The van der Waals surface area contributed by atoms with E-state index in [0.29, 0.717) is 13.2 Å². The number of carboxylic acid groups (broad SMARTS) is 1. The molecule has 2 heterocycles. The number of carbonyl (C=O) groups is 2. The van der Waals surface area contributed by atoms with Crippen LogP contribution in [0.15, 0.2) is 12.4 Å². The van der Waals surface area contributed by atoms with Gasteiger partial charge in [-0.2, -0.15) is 0 Å². The van der Waals surface area contributed by atoms with Crippen molar-refractivity contribution in [2.45, 2.75) is 31.4 Å². The Morgan fingerprint density at radius 1 is 1.25 bits per heavy atom. The maximum Gasteiger partial charge on any atom is 0.356 e. The van der Waals surface area contributed by atoms with Crippen molar-refractivity contribution >= 4 is 11.9 Å². The summed E-state index contributed by atoms with van der Waals surface area (Å²) >= 11 is 0. The van der Waals surface area contributed by atoms with Crippen molar-refractivity contribution in [3.8, 4) is 0 Å². The number of carbonyl (C=O) groups excluding carboxylic acids is 1. The molecule has 0 aromatic carbocycles. The monoisotopic (exact) mass is 277 g/mol. The number of aromatic carboxylic acids is 1. The zero-order valence-corrected chi connectivity index (χ0v) is 10.9. The predicted molar refractivity (Wildman–Crippen MR) is 67.4 cm³/mol. The number of hydrogen-bond donors (Lipinski definition) is 1. The first-order valence-corrected chi connectivity index (χ1v) is 6.65. The van der Waals surface area contributed by atoms with Crippen molar-refractivity contribution in [2.24, 2.45) is 0 Å². The largest absolute Gasteiger partial charge is 0.476 e. The molecule has 7 heteroatoms. The van der Waals surface area contributed by atoms with Gasteiger partial charge in [-0.25, -0.2) is 14.8 Å². The Labute approximate surface area is 115 Å². The summed E-state index contributed by atoms with van der Waals surface area (Å²) in [6, 6.07) is 0.109. The summed E-state index contributed by atoms with van der Waals surface area (Å²) in [5, 5.41) is 8.77. The lowest BCUT2D eigenvalue weighted by atomic mass is 10.1. The number of fused-ring (bicyclic) bond motifs is 1. The highest BCUT2D eigenvalue weighted by atomic mass is 16.5. The van der Waals surface area contributed by atoms with E-state index in [1.165, 1.54) is 6.20 Å². The van der Waals surface area contributed by atoms with E-state index in [2.05, 4.69) is 9.97 Å². The molecule has 0 spiro atoms. The Balaban J connectivity index is 1.79. The Morgan fingerprint density at radius 2 is 2.00 bits per heavy atom. The van der Waals surface area contributed by atoms with E-state index in [1.54, 1.807) is 4.90 Å². The van der Waals surface area contributed by atoms with E-state index < -0.39 is 5.97 Å². The number of hydrogen-bond acceptors (Lipinski definition) is 5. The van der Waals surface area contributed by atoms with Crippen LogP contribution in [0.5, 0.6) is 0 Å². The minimum atomic E-state index is -1.15. The van der Waals surface area contributed by atoms with Crippen molar-refractivity contribution in [1.82, 2.24) is 14.9 Å². The van der Waals surface area contributed by atoms with E-state index in [-0.39, 0.29) is 29.4 Å². The van der Waals surface area contributed by atoms with Crippen LogP contribution >= 0.6 is 0 Å². The lowest BCUT2D eigenvalue weighted by Gasteiger charge is -2.37. The Hall–Kier alpha value is -2.02. The van der Waals surface area contributed by atoms with Crippen LogP contribution in [0.1, 0.15) is 40.2 Å². The van der Waals surface area contributed by atoms with Crippen LogP contribution in [0.25, 0.3) is 0 Å². The molecular weight excluding hydrogens is 262 g/mol. The molecule has 1 saturated heterocycles. The molecule has 0 bridgehead atoms. The average molecular weight is 277 g/mol. The highest BCUT2D eigenvalue weighted by Crippen LogP contribution is 2.30. The van der Waals surface area contributed by atoms with Crippen LogP contribution in [0, 0.1) is 0 Å². The third-order valence-corrected chi connectivity index (χ3v) is 3.83. The molecule has 2 unspecified atom stereocenters. The van der Waals surface area contributed by atoms with Gasteiger partial charge in [0.2, 0.25) is 0 Å². The van der Waals surface area contributed by atoms with Gasteiger partial charge in [-0.1, -0.05) is 0 Å². The lowest BCUT2D eigenvalue weighted by molar-refractivity contribution is -0.0447. The van der Waals surface area contributed by atoms with Crippen molar-refractivity contribution < 1.29 is 19.4 Å². The van der Waals surface area contributed by atoms with Crippen LogP contribution in [0.3, 0.4) is 0 Å². The molecule has 3 rings (SSSR count). The van der Waals surface area contributed by atoms with Crippen LogP contribution in [-0.2, 0) is 4.74 Å². The first-order valence-electron chi connectivity index (χ1n) is 6.65. The van der Waals surface area contributed by atoms with Crippen LogP contribution in [-0.4, -0.2) is 57.1 Å². The van der Waals surface area contributed by atoms with Gasteiger partial charge in [0.05, 0.1) is 31.1 Å². The van der Waals surface area contributed by atoms with Crippen molar-refractivity contribution in [3.05, 3.63) is 23.8 Å². The van der Waals surface area contributed by atoms with Crippen LogP contribution in [0.2, 0.25) is 0 Å². The summed E-state index contributed by atoms with van der Waals surface area (Å²) in [5.74, 6) is -1.35. The second-order valence-electron chi connectivity index (χ2n) is 5.00. The molecule has 7 nitrogen and oxygen atoms in total. The standard InChI is InChI=1S/C13H15N3O4/c17-12(8-6-15-9(7-14-8)13(18)19)16-4-5-20-11-3-1-2-10(11)16/h6-7,10-11H,1-5H2,(H,18,19). The Kier molecular flexibility index (Phi) is 3.35. The number of aromatic nitrogens is 2. The van der Waals surface area contributed by atoms with Gasteiger partial charge in [0.1, 0.15) is 5.69 Å². The zero-order chi connectivity index (χ0) is 14.1. The molecule has 0 radical (unpaired) electrons. The van der Waals surface area contributed by atoms with Gasteiger partial charge in [-0.3, -0.25) is 4.79 Å². The number of morpholine rings is 1. The van der Waals surface area contributed by atoms with Crippen molar-refractivity contribution in [2.75, 3.05) is 13.2 Å². The number of nitrogens with zero attached hydrogens (tertiary/aromatic N) is 3. The molecule has 2 fully saturated rings. The van der Waals surface area contributed by atoms with E-state index in [0.717, 1.165) is 25.5 Å². The van der Waals surface area contributed by atoms with Crippen LogP contribution in [0.4, 0.5) is 0 Å². The van der Waals surface area contributed by atoms with Gasteiger partial charge in [0, 0.05) is 6.54 Å². The lowest BCUT2D eigenvalue weighted by Crippen LogP contribution is -2.51. The summed E-state index contributed by atoms with van der Waals surface area (Å²) in [6.07, 6.45) is 5.45. The zero-order valence-electron chi connectivity index (χ0n) is 10.9. The first-order chi connectivity index (χ1) is 9.66. The van der Waals surface area contributed by atoms with E-state index in [1.807, 2.05) is 0 Å². The number of carboxylic acids is 1. The fourth-order valence-corrected chi connectivity index (χ4v) is 2.87. The van der Waals surface area contributed by atoms with E-state index >= 15 is 0 Å². The van der Waals surface area contributed by atoms with Crippen molar-refractivity contribution in [3.63, 3.8) is 0 Å². The van der Waals surface area contributed by atoms with Gasteiger partial charge in [-0.05, 0) is 19.3 Å². The second kappa shape index (κ2) is 5.16. The van der Waals surface area contributed by atoms with E-state index in [9.17, 15) is 9.59 Å².